The number of hydrogen-bond acceptors (Lipinski definition) is 8. The zero-order valence-corrected chi connectivity index (χ0v) is 20.6. The number of amides is 1. The fraction of sp³-hybridized carbons (Fsp3) is 0.346. The van der Waals surface area contributed by atoms with Gasteiger partial charge in [-0.1, -0.05) is 13.8 Å². The van der Waals surface area contributed by atoms with Crippen molar-refractivity contribution in [2.45, 2.75) is 33.3 Å². The predicted molar refractivity (Wildman–Crippen MR) is 130 cm³/mol. The molecule has 1 amide bonds. The highest BCUT2D eigenvalue weighted by molar-refractivity contribution is 5.97. The van der Waals surface area contributed by atoms with Gasteiger partial charge >= 0.3 is 11.6 Å². The molecule has 9 heteroatoms. The van der Waals surface area contributed by atoms with Gasteiger partial charge in [0.15, 0.2) is 11.5 Å². The Morgan fingerprint density at radius 1 is 0.971 bits per heavy atom. The molecule has 0 aliphatic carbocycles. The van der Waals surface area contributed by atoms with Crippen LogP contribution in [0.5, 0.6) is 17.2 Å². The fourth-order valence-corrected chi connectivity index (χ4v) is 3.81. The minimum absolute atomic E-state index is 0.137. The van der Waals surface area contributed by atoms with Crippen molar-refractivity contribution >= 4 is 22.8 Å². The van der Waals surface area contributed by atoms with Crippen molar-refractivity contribution in [3.8, 4) is 17.2 Å². The van der Waals surface area contributed by atoms with E-state index < -0.39 is 17.5 Å². The van der Waals surface area contributed by atoms with Gasteiger partial charge in [-0.25, -0.2) is 4.79 Å². The second-order valence-electron chi connectivity index (χ2n) is 8.21. The van der Waals surface area contributed by atoms with Crippen molar-refractivity contribution in [2.75, 3.05) is 27.9 Å². The molecule has 3 aromatic rings. The van der Waals surface area contributed by atoms with Gasteiger partial charge in [0.2, 0.25) is 5.75 Å². The van der Waals surface area contributed by atoms with Crippen LogP contribution in [0.15, 0.2) is 39.5 Å². The molecular weight excluding hydrogens is 454 g/mol. The molecule has 1 aromatic heterocycles. The van der Waals surface area contributed by atoms with Crippen LogP contribution in [0.25, 0.3) is 11.0 Å². The molecule has 0 spiro atoms. The van der Waals surface area contributed by atoms with Crippen LogP contribution < -0.4 is 25.2 Å². The minimum Gasteiger partial charge on any atom is -0.493 e. The molecule has 9 nitrogen and oxygen atoms in total. The summed E-state index contributed by atoms with van der Waals surface area (Å²) in [7, 11) is 4.34. The van der Waals surface area contributed by atoms with Crippen LogP contribution in [0.3, 0.4) is 0 Å². The summed E-state index contributed by atoms with van der Waals surface area (Å²) in [6.07, 6.45) is 0. The summed E-state index contributed by atoms with van der Waals surface area (Å²) in [6, 6.07) is 8.03. The second-order valence-corrected chi connectivity index (χ2v) is 8.21. The van der Waals surface area contributed by atoms with E-state index in [9.17, 15) is 14.4 Å². The molecule has 0 saturated heterocycles. The number of aryl methyl sites for hydroxylation is 1. The highest BCUT2D eigenvalue weighted by Gasteiger charge is 2.18. The van der Waals surface area contributed by atoms with Gasteiger partial charge in [-0.2, -0.15) is 0 Å². The zero-order chi connectivity index (χ0) is 25.7. The monoisotopic (exact) mass is 483 g/mol. The molecule has 0 atom stereocenters. The van der Waals surface area contributed by atoms with E-state index in [0.29, 0.717) is 33.8 Å². The number of esters is 1. The first-order valence-corrected chi connectivity index (χ1v) is 11.0. The maximum absolute atomic E-state index is 12.6. The van der Waals surface area contributed by atoms with Crippen molar-refractivity contribution in [2.24, 2.45) is 0 Å². The predicted octanol–water partition coefficient (Wildman–Crippen LogP) is 3.72. The van der Waals surface area contributed by atoms with E-state index in [1.54, 1.807) is 0 Å². The van der Waals surface area contributed by atoms with Crippen molar-refractivity contribution in [1.82, 2.24) is 5.32 Å². The third-order valence-electron chi connectivity index (χ3n) is 5.55. The molecule has 0 bridgehead atoms. The molecule has 186 valence electrons. The number of ether oxygens (including phenoxy) is 4. The minimum atomic E-state index is -0.664. The highest BCUT2D eigenvalue weighted by Crippen LogP contribution is 2.38. The standard InChI is InChI=1S/C26H29NO8/c1-14(2)18-11-19-17(10-23(28)35-20(19)7-15(18)3)13-34-24(29)12-27-26(30)16-8-21(31-4)25(33-6)22(9-16)32-5/h7-11,14H,12-13H2,1-6H3,(H,27,30). The van der Waals surface area contributed by atoms with Gasteiger partial charge in [-0.15, -0.1) is 0 Å². The maximum Gasteiger partial charge on any atom is 0.336 e. The lowest BCUT2D eigenvalue weighted by molar-refractivity contribution is -0.143. The number of rotatable bonds is 9. The molecule has 3 rings (SSSR count). The average molecular weight is 484 g/mol. The van der Waals surface area contributed by atoms with Gasteiger partial charge in [0.05, 0.1) is 21.3 Å². The summed E-state index contributed by atoms with van der Waals surface area (Å²) in [6.45, 7) is 5.60. The molecule has 1 N–H and O–H groups in total. The Kier molecular flexibility index (Phi) is 8.01. The molecule has 0 aliphatic heterocycles. The first-order valence-electron chi connectivity index (χ1n) is 11.0. The summed E-state index contributed by atoms with van der Waals surface area (Å²) < 4.78 is 26.4. The second kappa shape index (κ2) is 10.9. The van der Waals surface area contributed by atoms with E-state index in [-0.39, 0.29) is 24.6 Å². The van der Waals surface area contributed by atoms with E-state index >= 15 is 0 Å². The van der Waals surface area contributed by atoms with Crippen LogP contribution in [0.4, 0.5) is 0 Å². The Bertz CT molecular complexity index is 1280. The third kappa shape index (κ3) is 5.74. The van der Waals surface area contributed by atoms with E-state index in [1.807, 2.05) is 19.1 Å². The maximum atomic E-state index is 12.6. The van der Waals surface area contributed by atoms with Gasteiger partial charge in [0.25, 0.3) is 5.91 Å². The smallest absolute Gasteiger partial charge is 0.336 e. The zero-order valence-electron chi connectivity index (χ0n) is 20.6. The lowest BCUT2D eigenvalue weighted by atomic mass is 9.95. The molecule has 1 heterocycles. The first-order chi connectivity index (χ1) is 16.7. The number of benzene rings is 2. The van der Waals surface area contributed by atoms with Crippen LogP contribution in [-0.2, 0) is 16.1 Å². The number of nitrogens with one attached hydrogen (secondary N) is 1. The van der Waals surface area contributed by atoms with Crippen LogP contribution in [0.1, 0.15) is 46.8 Å². The number of hydrogen-bond donors (Lipinski definition) is 1. The molecule has 2 aromatic carbocycles. The highest BCUT2D eigenvalue weighted by atomic mass is 16.5. The van der Waals surface area contributed by atoms with Crippen molar-refractivity contribution < 1.29 is 33.0 Å². The molecule has 0 fully saturated rings. The summed E-state index contributed by atoms with van der Waals surface area (Å²) in [5.41, 5.74) is 2.77. The van der Waals surface area contributed by atoms with Gasteiger partial charge in [0.1, 0.15) is 18.7 Å². The Balaban J connectivity index is 1.71. The number of methoxy groups -OCH3 is 3. The van der Waals surface area contributed by atoms with Crippen molar-refractivity contribution in [3.63, 3.8) is 0 Å². The molecule has 35 heavy (non-hydrogen) atoms. The van der Waals surface area contributed by atoms with Crippen molar-refractivity contribution in [1.29, 1.82) is 0 Å². The van der Waals surface area contributed by atoms with Crippen LogP contribution in [0.2, 0.25) is 0 Å². The summed E-state index contributed by atoms with van der Waals surface area (Å²) in [5, 5.41) is 3.21. The van der Waals surface area contributed by atoms with Gasteiger partial charge in [-0.3, -0.25) is 9.59 Å². The lowest BCUT2D eigenvalue weighted by Crippen LogP contribution is -2.30. The van der Waals surface area contributed by atoms with Gasteiger partial charge < -0.3 is 28.7 Å². The quantitative estimate of drug-likeness (QED) is 0.362. The third-order valence-corrected chi connectivity index (χ3v) is 5.55. The Morgan fingerprint density at radius 3 is 2.20 bits per heavy atom. The van der Waals surface area contributed by atoms with Crippen LogP contribution >= 0.6 is 0 Å². The van der Waals surface area contributed by atoms with E-state index in [1.165, 1.54) is 39.5 Å². The SMILES string of the molecule is COc1cc(C(=O)NCC(=O)OCc2cc(=O)oc3cc(C)c(C(C)C)cc23)cc(OC)c1OC. The van der Waals surface area contributed by atoms with E-state index in [2.05, 4.69) is 19.2 Å². The number of carbonyl (C=O) groups is 2. The molecule has 0 unspecified atom stereocenters. The Hall–Kier alpha value is -4.01. The Morgan fingerprint density at radius 2 is 1.63 bits per heavy atom. The van der Waals surface area contributed by atoms with E-state index in [4.69, 9.17) is 23.4 Å². The van der Waals surface area contributed by atoms with E-state index in [0.717, 1.165) is 11.1 Å². The molecular formula is C26H29NO8. The van der Waals surface area contributed by atoms with Gasteiger partial charge in [-0.05, 0) is 48.2 Å². The molecule has 0 radical (unpaired) electrons. The van der Waals surface area contributed by atoms with Crippen molar-refractivity contribution in [3.05, 3.63) is 63.0 Å². The number of fused-ring (bicyclic) bond motifs is 1. The largest absolute Gasteiger partial charge is 0.493 e. The fourth-order valence-electron chi connectivity index (χ4n) is 3.81. The average Bonchev–Trinajstić information content (AvgIpc) is 2.83. The van der Waals surface area contributed by atoms with Crippen LogP contribution in [0, 0.1) is 6.92 Å². The summed E-state index contributed by atoms with van der Waals surface area (Å²) in [4.78, 5) is 36.9. The number of carbonyl (C=O) groups excluding carboxylic acids is 2. The van der Waals surface area contributed by atoms with Gasteiger partial charge in [0, 0.05) is 22.6 Å². The van der Waals surface area contributed by atoms with Crippen LogP contribution in [-0.4, -0.2) is 39.8 Å². The Labute approximate surface area is 202 Å². The lowest BCUT2D eigenvalue weighted by Gasteiger charge is -2.14. The first kappa shape index (κ1) is 25.6. The normalized spacial score (nSPS) is 10.8. The summed E-state index contributed by atoms with van der Waals surface area (Å²) >= 11 is 0. The summed E-state index contributed by atoms with van der Waals surface area (Å²) in [5.74, 6) is 0.0525. The topological polar surface area (TPSA) is 113 Å². The molecule has 0 aliphatic rings. The molecule has 0 saturated carbocycles.